The normalized spacial score (nSPS) is 13.8. The number of nitrogens with zero attached hydrogens (tertiary/aromatic N) is 4. The molecule has 3 aromatic rings. The van der Waals surface area contributed by atoms with E-state index in [9.17, 15) is 0 Å². The van der Waals surface area contributed by atoms with E-state index >= 15 is 0 Å². The van der Waals surface area contributed by atoms with Crippen molar-refractivity contribution in [3.05, 3.63) is 66.2 Å². The van der Waals surface area contributed by atoms with Gasteiger partial charge in [-0.25, -0.2) is 9.97 Å². The second-order valence-electron chi connectivity index (χ2n) is 6.21. The monoisotopic (exact) mass is 357 g/mol. The molecule has 0 aliphatic carbocycles. The lowest BCUT2D eigenvalue weighted by molar-refractivity contribution is 0.122. The maximum absolute atomic E-state index is 8.95. The molecule has 1 N–H and O–H groups in total. The van der Waals surface area contributed by atoms with Gasteiger partial charge in [0.25, 0.3) is 0 Å². The van der Waals surface area contributed by atoms with E-state index in [1.807, 2.05) is 48.5 Å². The van der Waals surface area contributed by atoms with Gasteiger partial charge in [0.2, 0.25) is 0 Å². The fourth-order valence-electron chi connectivity index (χ4n) is 2.95. The van der Waals surface area contributed by atoms with Crippen molar-refractivity contribution in [1.82, 2.24) is 9.97 Å². The number of nitrogens with one attached hydrogen (secondary N) is 1. The van der Waals surface area contributed by atoms with Gasteiger partial charge in [-0.05, 0) is 24.3 Å². The average Bonchev–Trinajstić information content (AvgIpc) is 2.75. The summed E-state index contributed by atoms with van der Waals surface area (Å²) in [5.74, 6) is 2.27. The molecule has 0 bridgehead atoms. The topological polar surface area (TPSA) is 74.1 Å². The van der Waals surface area contributed by atoms with Gasteiger partial charge >= 0.3 is 0 Å². The van der Waals surface area contributed by atoms with Crippen molar-refractivity contribution in [3.8, 4) is 17.5 Å². The van der Waals surface area contributed by atoms with Gasteiger partial charge in [-0.15, -0.1) is 0 Å². The third-order valence-electron chi connectivity index (χ3n) is 4.37. The van der Waals surface area contributed by atoms with Crippen molar-refractivity contribution < 1.29 is 4.74 Å². The van der Waals surface area contributed by atoms with Gasteiger partial charge in [0, 0.05) is 30.4 Å². The molecule has 1 aliphatic heterocycles. The van der Waals surface area contributed by atoms with E-state index in [1.54, 1.807) is 12.1 Å². The quantitative estimate of drug-likeness (QED) is 0.769. The third-order valence-corrected chi connectivity index (χ3v) is 4.37. The fourth-order valence-corrected chi connectivity index (χ4v) is 2.95. The Balaban J connectivity index is 1.69. The summed E-state index contributed by atoms with van der Waals surface area (Å²) in [6, 6.07) is 21.3. The Bertz CT molecular complexity index is 945. The first-order valence-corrected chi connectivity index (χ1v) is 8.86. The van der Waals surface area contributed by atoms with E-state index in [4.69, 9.17) is 20.0 Å². The summed E-state index contributed by atoms with van der Waals surface area (Å²) >= 11 is 0. The molecular formula is C21H19N5O. The lowest BCUT2D eigenvalue weighted by Gasteiger charge is -2.28. The molecule has 4 rings (SSSR count). The van der Waals surface area contributed by atoms with E-state index in [0.717, 1.165) is 36.0 Å². The van der Waals surface area contributed by atoms with E-state index in [1.165, 1.54) is 0 Å². The van der Waals surface area contributed by atoms with Crippen LogP contribution in [0.1, 0.15) is 5.56 Å². The number of rotatable bonds is 4. The van der Waals surface area contributed by atoms with Gasteiger partial charge in [0.05, 0.1) is 24.8 Å². The molecule has 1 fully saturated rings. The maximum Gasteiger partial charge on any atom is 0.163 e. The molecule has 0 unspecified atom stereocenters. The highest BCUT2D eigenvalue weighted by atomic mass is 16.5. The Morgan fingerprint density at radius 2 is 1.70 bits per heavy atom. The van der Waals surface area contributed by atoms with Crippen molar-refractivity contribution in [2.24, 2.45) is 0 Å². The number of hydrogen-bond acceptors (Lipinski definition) is 6. The molecule has 0 spiro atoms. The Labute approximate surface area is 158 Å². The minimum atomic E-state index is 0.627. The lowest BCUT2D eigenvalue weighted by atomic mass is 10.2. The first-order chi connectivity index (χ1) is 13.3. The molecule has 2 heterocycles. The number of benzene rings is 2. The number of aromatic nitrogens is 2. The molecule has 0 saturated carbocycles. The van der Waals surface area contributed by atoms with Crippen molar-refractivity contribution in [1.29, 1.82) is 5.26 Å². The van der Waals surface area contributed by atoms with Crippen LogP contribution in [0.4, 0.5) is 17.3 Å². The van der Waals surface area contributed by atoms with Crippen LogP contribution in [0.3, 0.4) is 0 Å². The molecule has 2 aromatic carbocycles. The second-order valence-corrected chi connectivity index (χ2v) is 6.21. The highest BCUT2D eigenvalue weighted by molar-refractivity contribution is 5.66. The van der Waals surface area contributed by atoms with Crippen LogP contribution in [0.2, 0.25) is 0 Å². The Hall–Kier alpha value is -3.43. The predicted octanol–water partition coefficient (Wildman–Crippen LogP) is 3.60. The first-order valence-electron chi connectivity index (χ1n) is 8.86. The Kier molecular flexibility index (Phi) is 4.95. The summed E-state index contributed by atoms with van der Waals surface area (Å²) in [7, 11) is 0. The molecule has 0 radical (unpaired) electrons. The summed E-state index contributed by atoms with van der Waals surface area (Å²) in [6.45, 7) is 3.01. The minimum absolute atomic E-state index is 0.627. The van der Waals surface area contributed by atoms with Crippen LogP contribution >= 0.6 is 0 Å². The largest absolute Gasteiger partial charge is 0.378 e. The average molecular weight is 357 g/mol. The molecular weight excluding hydrogens is 338 g/mol. The first kappa shape index (κ1) is 17.0. The highest BCUT2D eigenvalue weighted by Crippen LogP contribution is 2.25. The zero-order valence-corrected chi connectivity index (χ0v) is 14.8. The van der Waals surface area contributed by atoms with Crippen LogP contribution in [0.25, 0.3) is 11.4 Å². The number of nitriles is 1. The fraction of sp³-hybridized carbons (Fsp3) is 0.190. The van der Waals surface area contributed by atoms with Gasteiger partial charge < -0.3 is 15.0 Å². The smallest absolute Gasteiger partial charge is 0.163 e. The van der Waals surface area contributed by atoms with Crippen molar-refractivity contribution in [2.45, 2.75) is 0 Å². The summed E-state index contributed by atoms with van der Waals surface area (Å²) < 4.78 is 5.46. The zero-order valence-electron chi connectivity index (χ0n) is 14.8. The van der Waals surface area contributed by atoms with Gasteiger partial charge in [-0.3, -0.25) is 0 Å². The van der Waals surface area contributed by atoms with Crippen LogP contribution in [-0.2, 0) is 4.74 Å². The molecule has 1 aliphatic rings. The van der Waals surface area contributed by atoms with Crippen LogP contribution in [0.15, 0.2) is 60.7 Å². The van der Waals surface area contributed by atoms with Crippen molar-refractivity contribution in [3.63, 3.8) is 0 Å². The minimum Gasteiger partial charge on any atom is -0.378 e. The standard InChI is InChI=1S/C21H19N5O/c22-15-16-6-8-18(9-7-16)23-19-14-20(26-10-12-27-13-11-26)25-21(24-19)17-4-2-1-3-5-17/h1-9,14H,10-13H2,(H,23,24,25). The van der Waals surface area contributed by atoms with Crippen LogP contribution < -0.4 is 10.2 Å². The molecule has 6 nitrogen and oxygen atoms in total. The lowest BCUT2D eigenvalue weighted by Crippen LogP contribution is -2.36. The SMILES string of the molecule is N#Cc1ccc(Nc2cc(N3CCOCC3)nc(-c3ccccc3)n2)cc1. The molecule has 6 heteroatoms. The van der Waals surface area contributed by atoms with Crippen molar-refractivity contribution >= 4 is 17.3 Å². The van der Waals surface area contributed by atoms with E-state index < -0.39 is 0 Å². The zero-order chi connectivity index (χ0) is 18.5. The van der Waals surface area contributed by atoms with Crippen LogP contribution in [0, 0.1) is 11.3 Å². The van der Waals surface area contributed by atoms with E-state index in [2.05, 4.69) is 16.3 Å². The van der Waals surface area contributed by atoms with Crippen LogP contribution in [0.5, 0.6) is 0 Å². The van der Waals surface area contributed by atoms with Gasteiger partial charge in [-0.2, -0.15) is 5.26 Å². The predicted molar refractivity (Wildman–Crippen MR) is 105 cm³/mol. The number of hydrogen-bond donors (Lipinski definition) is 1. The summed E-state index contributed by atoms with van der Waals surface area (Å²) in [4.78, 5) is 11.7. The summed E-state index contributed by atoms with van der Waals surface area (Å²) in [5.41, 5.74) is 2.47. The third kappa shape index (κ3) is 4.05. The summed E-state index contributed by atoms with van der Waals surface area (Å²) in [5, 5.41) is 12.3. The number of ether oxygens (including phenoxy) is 1. The molecule has 134 valence electrons. The van der Waals surface area contributed by atoms with E-state index in [0.29, 0.717) is 24.6 Å². The highest BCUT2D eigenvalue weighted by Gasteiger charge is 2.16. The number of anilines is 3. The summed E-state index contributed by atoms with van der Waals surface area (Å²) in [6.07, 6.45) is 0. The van der Waals surface area contributed by atoms with Crippen LogP contribution in [-0.4, -0.2) is 36.3 Å². The van der Waals surface area contributed by atoms with Gasteiger partial charge in [0.1, 0.15) is 11.6 Å². The van der Waals surface area contributed by atoms with Gasteiger partial charge in [-0.1, -0.05) is 30.3 Å². The Morgan fingerprint density at radius 1 is 0.963 bits per heavy atom. The Morgan fingerprint density at radius 3 is 2.41 bits per heavy atom. The second kappa shape index (κ2) is 7.85. The molecule has 1 aromatic heterocycles. The molecule has 1 saturated heterocycles. The van der Waals surface area contributed by atoms with Crippen molar-refractivity contribution in [2.75, 3.05) is 36.5 Å². The van der Waals surface area contributed by atoms with E-state index in [-0.39, 0.29) is 0 Å². The number of morpholine rings is 1. The molecule has 0 amide bonds. The molecule has 27 heavy (non-hydrogen) atoms. The molecule has 0 atom stereocenters. The maximum atomic E-state index is 8.95. The van der Waals surface area contributed by atoms with Gasteiger partial charge in [0.15, 0.2) is 5.82 Å².